The maximum absolute atomic E-state index is 15.7. The molecule has 0 saturated carbocycles. The van der Waals surface area contributed by atoms with Crippen molar-refractivity contribution >= 4 is 151 Å². The van der Waals surface area contributed by atoms with Crippen LogP contribution in [0.25, 0.3) is 32.6 Å². The number of amides is 17. The molecule has 17 amide bonds. The molecule has 0 aliphatic carbocycles. The first kappa shape index (κ1) is 106. The molecule has 0 radical (unpaired) electrons. The monoisotopic (exact) mass is 1900 g/mol. The number of thioether (sulfide) groups is 1. The van der Waals surface area contributed by atoms with Crippen molar-refractivity contribution in [3.63, 3.8) is 0 Å². The Balaban J connectivity index is 1.09. The first-order valence-electron chi connectivity index (χ1n) is 45.6. The highest BCUT2D eigenvalue weighted by molar-refractivity contribution is 8.00. The van der Waals surface area contributed by atoms with E-state index in [0.717, 1.165) is 47.0 Å². The molecule has 2 fully saturated rings. The van der Waals surface area contributed by atoms with Crippen LogP contribution in [-0.4, -0.2) is 307 Å². The number of para-hydroxylation sites is 2. The average molecular weight is 1900 g/mol. The Labute approximate surface area is 791 Å². The molecule has 22 N–H and O–H groups in total. The number of rotatable bonds is 26. The van der Waals surface area contributed by atoms with Gasteiger partial charge in [0.1, 0.15) is 78.5 Å². The largest absolute Gasteiger partial charge is 0.394 e. The number of hydrogen-bond acceptors (Lipinski definition) is 21. The lowest BCUT2D eigenvalue weighted by Gasteiger charge is -2.36. The van der Waals surface area contributed by atoms with Crippen LogP contribution in [0, 0.1) is 11.3 Å². The standard InChI is InChI=1S/C93H128N24O18S/c1-10-12-29-73-86(129)106-64(28-20-34-99-93(96)97)82(125)112-72(81(124)102-46-77(95)120)49-136-50-79(122)105-68(38-54-32-33-55-22-14-15-23-56(55)37-54)89(132)114(7)53(5)80(123)108-70(42-76(94)119)91(134)117-35-21-31-74(117)87(130)107-66(41-59-45-98-51-103-59)84(127)109-67(36-52(3)4)88(131)113(6)47-78(121)104-65(39-57-43-100-62-26-18-16-24-60(57)62)83(126)111-71(48-118)85(128)110-69(40-58-44-101-63-27-19-17-25-61(58)63)90(133)116(9)75(30-13-11-2)92(135)115(73)8/h14-19,22-27,32-33,37,43-45,51-53,64-75,100-101,118H,10-13,20-21,28-31,34-36,38-42,46-50H2,1-9H3,(H2,94,119)(H2,95,120)(H,98,103)(H,102,124)(H,104,121)(H,105,122)(H,106,129)(H,107,130)(H,108,123)(H,109,127)(H,110,128)(H,111,126)(H,112,125)(H4,96,97,99)/t53-,64-,65-,66-,67-,68-,69-,70-,71-,72+,73-,74-,75-/m0/s1. The van der Waals surface area contributed by atoms with Gasteiger partial charge in [-0.2, -0.15) is 0 Å². The molecule has 43 heteroatoms. The van der Waals surface area contributed by atoms with Crippen molar-refractivity contribution in [3.8, 4) is 0 Å². The van der Waals surface area contributed by atoms with Crippen molar-refractivity contribution in [1.82, 2.24) is 103 Å². The first-order chi connectivity index (χ1) is 64.9. The Kier molecular flexibility index (Phi) is 39.6. The van der Waals surface area contributed by atoms with Crippen LogP contribution in [0.3, 0.4) is 0 Å². The van der Waals surface area contributed by atoms with Gasteiger partial charge in [-0.15, -0.1) is 11.8 Å². The maximum Gasteiger partial charge on any atom is 0.246 e. The second kappa shape index (κ2) is 50.9. The number of carbonyl (C=O) groups excluding carboxylic acids is 17. The third kappa shape index (κ3) is 29.7. The summed E-state index contributed by atoms with van der Waals surface area (Å²) in [6, 6.07) is 7.04. The summed E-state index contributed by atoms with van der Waals surface area (Å²) in [5, 5.41) is 51.2. The van der Waals surface area contributed by atoms with Gasteiger partial charge in [0.15, 0.2) is 5.96 Å². The van der Waals surface area contributed by atoms with Gasteiger partial charge in [0.25, 0.3) is 0 Å². The van der Waals surface area contributed by atoms with Gasteiger partial charge in [-0.25, -0.2) is 4.98 Å². The predicted molar refractivity (Wildman–Crippen MR) is 507 cm³/mol. The fourth-order valence-electron chi connectivity index (χ4n) is 16.5. The molecule has 2 aliphatic heterocycles. The van der Waals surface area contributed by atoms with E-state index in [2.05, 4.69) is 78.4 Å². The summed E-state index contributed by atoms with van der Waals surface area (Å²) in [5.74, 6) is -17.2. The molecular weight excluding hydrogens is 1770 g/mol. The number of H-pyrrole nitrogens is 3. The van der Waals surface area contributed by atoms with Gasteiger partial charge in [-0.3, -0.25) is 86.9 Å². The minimum absolute atomic E-state index is 0.00193. The van der Waals surface area contributed by atoms with Gasteiger partial charge < -0.3 is 120 Å². The molecule has 5 heterocycles. The third-order valence-corrected chi connectivity index (χ3v) is 25.1. The molecule has 136 heavy (non-hydrogen) atoms. The molecule has 3 aromatic heterocycles. The van der Waals surface area contributed by atoms with Crippen molar-refractivity contribution < 1.29 is 86.6 Å². The molecule has 2 aliphatic rings. The van der Waals surface area contributed by atoms with E-state index in [9.17, 15) is 53.1 Å². The van der Waals surface area contributed by atoms with Crippen LogP contribution in [0.15, 0.2) is 116 Å². The zero-order chi connectivity index (χ0) is 99.1. The number of aromatic nitrogens is 4. The summed E-state index contributed by atoms with van der Waals surface area (Å²) in [4.78, 5) is 269. The van der Waals surface area contributed by atoms with Gasteiger partial charge in [-0.1, -0.05) is 132 Å². The zero-order valence-electron chi connectivity index (χ0n) is 78.0. The van der Waals surface area contributed by atoms with E-state index in [1.807, 2.05) is 32.0 Å². The van der Waals surface area contributed by atoms with E-state index in [-0.39, 0.29) is 89.6 Å². The van der Waals surface area contributed by atoms with E-state index in [0.29, 0.717) is 69.9 Å². The van der Waals surface area contributed by atoms with Crippen molar-refractivity contribution in [2.24, 2.45) is 23.1 Å². The number of fused-ring (bicyclic) bond motifs is 4. The highest BCUT2D eigenvalue weighted by Gasteiger charge is 2.44. The topological polar surface area (TPSA) is 621 Å². The number of aliphatic hydroxyl groups excluding tert-OH is 1. The van der Waals surface area contributed by atoms with Crippen LogP contribution >= 0.6 is 11.8 Å². The molecule has 9 rings (SSSR count). The molecule has 734 valence electrons. The van der Waals surface area contributed by atoms with E-state index in [4.69, 9.17) is 22.6 Å². The maximum atomic E-state index is 15.7. The number of aromatic amines is 3. The van der Waals surface area contributed by atoms with E-state index in [1.54, 1.807) is 99.0 Å². The summed E-state index contributed by atoms with van der Waals surface area (Å²) < 4.78 is 0. The number of guanidine groups is 1. The molecule has 7 aromatic rings. The summed E-state index contributed by atoms with van der Waals surface area (Å²) in [6.45, 7) is 5.92. The summed E-state index contributed by atoms with van der Waals surface area (Å²) in [6.07, 6.45) is 5.94. The smallest absolute Gasteiger partial charge is 0.246 e. The quantitative estimate of drug-likeness (QED) is 0.0176. The summed E-state index contributed by atoms with van der Waals surface area (Å²) in [5.41, 5.74) is 20.1. The van der Waals surface area contributed by atoms with Crippen LogP contribution in [0.5, 0.6) is 0 Å². The van der Waals surface area contributed by atoms with Crippen LogP contribution in [0.2, 0.25) is 0 Å². The van der Waals surface area contributed by atoms with Crippen LogP contribution in [0.4, 0.5) is 0 Å². The Morgan fingerprint density at radius 2 is 1.09 bits per heavy atom. The third-order valence-electron chi connectivity index (χ3n) is 24.1. The number of nitrogens with two attached hydrogens (primary N) is 3. The van der Waals surface area contributed by atoms with Crippen molar-refractivity contribution in [2.75, 3.05) is 72.5 Å². The second-order valence-electron chi connectivity index (χ2n) is 34.9. The minimum Gasteiger partial charge on any atom is -0.394 e. The number of primary amides is 2. The lowest BCUT2D eigenvalue weighted by atomic mass is 10.00. The highest BCUT2D eigenvalue weighted by atomic mass is 32.2. The second-order valence-corrected chi connectivity index (χ2v) is 35.9. The van der Waals surface area contributed by atoms with E-state index in [1.165, 1.54) is 47.6 Å². The Morgan fingerprint density at radius 3 is 1.71 bits per heavy atom. The number of unbranched alkanes of at least 4 members (excludes halogenated alkanes) is 2. The normalized spacial score (nSPS) is 23.2. The van der Waals surface area contributed by atoms with Gasteiger partial charge >= 0.3 is 0 Å². The number of imidazole rings is 1. The lowest BCUT2D eigenvalue weighted by Crippen LogP contribution is -2.61. The Bertz CT molecular complexity index is 5430. The number of likely N-dealkylation sites (N-methyl/N-ethyl adjacent to an activating group) is 4. The van der Waals surface area contributed by atoms with Crippen molar-refractivity contribution in [2.45, 2.75) is 216 Å². The van der Waals surface area contributed by atoms with Crippen LogP contribution in [-0.2, 0) is 107 Å². The molecule has 4 aromatic carbocycles. The SMILES string of the molecule is CCCC[C@H]1C(=O)N(C)[C@@H](CCCC)C(=O)N[C@@H](CCCNC(=N)N)C(=O)N[C@@H](C(=O)NCC(N)=O)CSCC(=O)N[C@@H](Cc2ccc3ccccc3c2)C(=O)N(C)[C@@H](C)C(=O)N[C@@H](CC(N)=O)C(=O)N2CCC[C@H]2C(=O)N[C@@H](Cc2cnc[nH]2)C(=O)N[C@@H](CC(C)C)C(=O)N(C)CC(=O)N[C@@H](Cc2c[nH]c3ccccc23)C(=O)N[C@@H](CO)C(=O)N[C@@H](Cc2c[nH]c3ccccc23)C(=O)N1C. The number of nitrogens with zero attached hydrogens (tertiary/aromatic N) is 6. The lowest BCUT2D eigenvalue weighted by molar-refractivity contribution is -0.149. The molecule has 13 atom stereocenters. The predicted octanol–water partition coefficient (Wildman–Crippen LogP) is -0.985. The van der Waals surface area contributed by atoms with Gasteiger partial charge in [0, 0.05) is 119 Å². The molecule has 0 spiro atoms. The molecule has 0 unspecified atom stereocenters. The van der Waals surface area contributed by atoms with Gasteiger partial charge in [-0.05, 0) is 97.4 Å². The molecule has 2 saturated heterocycles. The highest BCUT2D eigenvalue weighted by Crippen LogP contribution is 2.27. The number of carbonyl (C=O) groups is 17. The van der Waals surface area contributed by atoms with Gasteiger partial charge in [0.2, 0.25) is 100 Å². The van der Waals surface area contributed by atoms with E-state index >= 15 is 33.6 Å². The Morgan fingerprint density at radius 1 is 0.537 bits per heavy atom. The minimum atomic E-state index is -1.85. The molecular formula is C93H128N24O18S. The molecule has 0 bridgehead atoms. The summed E-state index contributed by atoms with van der Waals surface area (Å²) >= 11 is 0.797. The number of nitrogens with one attached hydrogen (secondary N) is 15. The van der Waals surface area contributed by atoms with Crippen LogP contribution < -0.4 is 75.7 Å². The fourth-order valence-corrected chi connectivity index (χ4v) is 17.4. The number of hydrogen-bond donors (Lipinski definition) is 19. The fraction of sp³-hybridized carbons (Fsp3) is 0.495. The Hall–Kier alpha value is -14.0. The number of benzene rings is 4. The van der Waals surface area contributed by atoms with Crippen molar-refractivity contribution in [3.05, 3.63) is 138 Å². The van der Waals surface area contributed by atoms with Crippen molar-refractivity contribution in [1.29, 1.82) is 5.41 Å². The number of aliphatic hydroxyl groups is 1. The summed E-state index contributed by atoms with van der Waals surface area (Å²) in [7, 11) is 5.26. The van der Waals surface area contributed by atoms with E-state index < -0.39 is 223 Å². The van der Waals surface area contributed by atoms with Crippen LogP contribution in [0.1, 0.15) is 134 Å². The zero-order valence-corrected chi connectivity index (χ0v) is 78.8. The molecule has 42 nitrogen and oxygen atoms in total. The first-order valence-corrected chi connectivity index (χ1v) is 46.8. The average Bonchev–Trinajstić information content (AvgIpc) is 1.47. The van der Waals surface area contributed by atoms with Gasteiger partial charge in [0.05, 0.1) is 38.2 Å².